The van der Waals surface area contributed by atoms with E-state index in [0.29, 0.717) is 6.04 Å². The van der Waals surface area contributed by atoms with Gasteiger partial charge in [-0.2, -0.15) is 0 Å². The van der Waals surface area contributed by atoms with Gasteiger partial charge in [0.2, 0.25) is 0 Å². The number of likely N-dealkylation sites (tertiary alicyclic amines) is 1. The topological polar surface area (TPSA) is 52.6 Å². The third-order valence-electron chi connectivity index (χ3n) is 5.18. The van der Waals surface area contributed by atoms with Gasteiger partial charge in [0.05, 0.1) is 12.2 Å². The number of hydrogen-bond donors (Lipinski definition) is 2. The lowest BCUT2D eigenvalue weighted by Gasteiger charge is -2.18. The highest BCUT2D eigenvalue weighted by Crippen LogP contribution is 2.30. The molecule has 4 rings (SSSR count). The van der Waals surface area contributed by atoms with Gasteiger partial charge in [0, 0.05) is 42.7 Å². The first kappa shape index (κ1) is 17.5. The molecular formula is C20H27N5S. The van der Waals surface area contributed by atoms with Gasteiger partial charge >= 0.3 is 0 Å². The molecule has 0 spiro atoms. The number of guanidine groups is 1. The number of nitrogens with zero attached hydrogens (tertiary/aromatic N) is 3. The van der Waals surface area contributed by atoms with E-state index in [1.165, 1.54) is 36.2 Å². The lowest BCUT2D eigenvalue weighted by Crippen LogP contribution is -2.44. The SMILES string of the molecule is CN=C(NCc1sc(-c2ccccc2)nc1C)NC1CCN(C2CC2)C1. The molecule has 1 aromatic carbocycles. The van der Waals surface area contributed by atoms with E-state index in [1.54, 1.807) is 11.3 Å². The van der Waals surface area contributed by atoms with Crippen molar-refractivity contribution in [2.24, 2.45) is 4.99 Å². The fourth-order valence-electron chi connectivity index (χ4n) is 3.52. The maximum absolute atomic E-state index is 4.74. The van der Waals surface area contributed by atoms with Gasteiger partial charge in [0.1, 0.15) is 5.01 Å². The van der Waals surface area contributed by atoms with Gasteiger partial charge in [0.15, 0.2) is 5.96 Å². The first-order chi connectivity index (χ1) is 12.7. The largest absolute Gasteiger partial charge is 0.352 e. The van der Waals surface area contributed by atoms with Crippen LogP contribution < -0.4 is 10.6 Å². The molecule has 138 valence electrons. The Morgan fingerprint density at radius 2 is 2.08 bits per heavy atom. The summed E-state index contributed by atoms with van der Waals surface area (Å²) in [6.07, 6.45) is 3.97. The molecule has 1 aliphatic carbocycles. The summed E-state index contributed by atoms with van der Waals surface area (Å²) in [6.45, 7) is 5.20. The fraction of sp³-hybridized carbons (Fsp3) is 0.500. The Labute approximate surface area is 159 Å². The van der Waals surface area contributed by atoms with Crippen LogP contribution in [0.3, 0.4) is 0 Å². The molecule has 5 nitrogen and oxygen atoms in total. The van der Waals surface area contributed by atoms with Crippen LogP contribution in [-0.4, -0.2) is 48.1 Å². The number of aliphatic imine (C=N–C) groups is 1. The first-order valence-corrected chi connectivity index (χ1v) is 10.3. The minimum atomic E-state index is 0.504. The average molecular weight is 370 g/mol. The fourth-order valence-corrected chi connectivity index (χ4v) is 4.53. The minimum Gasteiger partial charge on any atom is -0.352 e. The second-order valence-corrected chi connectivity index (χ2v) is 8.26. The van der Waals surface area contributed by atoms with Crippen LogP contribution in [0.1, 0.15) is 29.8 Å². The van der Waals surface area contributed by atoms with Gasteiger partial charge in [-0.3, -0.25) is 9.89 Å². The Balaban J connectivity index is 1.33. The summed E-state index contributed by atoms with van der Waals surface area (Å²) in [6, 6.07) is 11.7. The van der Waals surface area contributed by atoms with Crippen molar-refractivity contribution >= 4 is 17.3 Å². The highest BCUT2D eigenvalue weighted by Gasteiger charge is 2.34. The lowest BCUT2D eigenvalue weighted by atomic mass is 10.2. The van der Waals surface area contributed by atoms with Crippen molar-refractivity contribution in [3.8, 4) is 10.6 Å². The van der Waals surface area contributed by atoms with E-state index < -0.39 is 0 Å². The van der Waals surface area contributed by atoms with Gasteiger partial charge in [0.25, 0.3) is 0 Å². The number of nitrogens with one attached hydrogen (secondary N) is 2. The number of thiazole rings is 1. The second kappa shape index (κ2) is 7.76. The normalized spacial score (nSPS) is 21.2. The Kier molecular flexibility index (Phi) is 5.22. The van der Waals surface area contributed by atoms with Crippen molar-refractivity contribution in [3.05, 3.63) is 40.9 Å². The molecule has 6 heteroatoms. The maximum atomic E-state index is 4.74. The third-order valence-corrected chi connectivity index (χ3v) is 6.38. The quantitative estimate of drug-likeness (QED) is 0.628. The molecule has 2 aliphatic rings. The molecule has 26 heavy (non-hydrogen) atoms. The van der Waals surface area contributed by atoms with E-state index in [2.05, 4.69) is 51.7 Å². The molecule has 0 amide bonds. The standard InChI is InChI=1S/C20H27N5S/c1-14-18(26-19(23-14)15-6-4-3-5-7-15)12-22-20(21-2)24-16-10-11-25(13-16)17-8-9-17/h3-7,16-17H,8-13H2,1-2H3,(H2,21,22,24). The third kappa shape index (κ3) is 4.07. The first-order valence-electron chi connectivity index (χ1n) is 9.46. The molecule has 1 saturated carbocycles. The predicted molar refractivity (Wildman–Crippen MR) is 109 cm³/mol. The van der Waals surface area contributed by atoms with Crippen molar-refractivity contribution in [3.63, 3.8) is 0 Å². The molecule has 1 unspecified atom stereocenters. The van der Waals surface area contributed by atoms with Crippen LogP contribution >= 0.6 is 11.3 Å². The molecule has 2 N–H and O–H groups in total. The van der Waals surface area contributed by atoms with E-state index in [4.69, 9.17) is 4.98 Å². The van der Waals surface area contributed by atoms with Crippen LogP contribution in [-0.2, 0) is 6.54 Å². The molecule has 1 atom stereocenters. The highest BCUT2D eigenvalue weighted by molar-refractivity contribution is 7.15. The average Bonchev–Trinajstić information content (AvgIpc) is 3.30. The summed E-state index contributed by atoms with van der Waals surface area (Å²) in [5.74, 6) is 0.890. The van der Waals surface area contributed by atoms with E-state index in [0.717, 1.165) is 35.8 Å². The van der Waals surface area contributed by atoms with Gasteiger partial charge < -0.3 is 10.6 Å². The summed E-state index contributed by atoms with van der Waals surface area (Å²) < 4.78 is 0. The molecule has 2 heterocycles. The zero-order valence-electron chi connectivity index (χ0n) is 15.5. The van der Waals surface area contributed by atoms with Crippen molar-refractivity contribution in [1.29, 1.82) is 0 Å². The van der Waals surface area contributed by atoms with Crippen molar-refractivity contribution in [2.75, 3.05) is 20.1 Å². The molecule has 0 radical (unpaired) electrons. The van der Waals surface area contributed by atoms with Crippen LogP contribution in [0.25, 0.3) is 10.6 Å². The highest BCUT2D eigenvalue weighted by atomic mass is 32.1. The Bertz CT molecular complexity index is 766. The molecule has 2 aromatic rings. The van der Waals surface area contributed by atoms with Gasteiger partial charge in [-0.1, -0.05) is 30.3 Å². The smallest absolute Gasteiger partial charge is 0.191 e. The maximum Gasteiger partial charge on any atom is 0.191 e. The van der Waals surface area contributed by atoms with Crippen molar-refractivity contribution in [1.82, 2.24) is 20.5 Å². The molecule has 1 aromatic heterocycles. The summed E-state index contributed by atoms with van der Waals surface area (Å²) in [5, 5.41) is 8.14. The van der Waals surface area contributed by atoms with Crippen molar-refractivity contribution < 1.29 is 0 Å². The predicted octanol–water partition coefficient (Wildman–Crippen LogP) is 3.02. The van der Waals surface area contributed by atoms with Crippen LogP contribution in [0.4, 0.5) is 0 Å². The number of aromatic nitrogens is 1. The number of hydrogen-bond acceptors (Lipinski definition) is 4. The molecular weight excluding hydrogens is 342 g/mol. The summed E-state index contributed by atoms with van der Waals surface area (Å²) >= 11 is 1.76. The summed E-state index contributed by atoms with van der Waals surface area (Å²) in [7, 11) is 1.85. The zero-order valence-corrected chi connectivity index (χ0v) is 16.4. The number of rotatable bonds is 5. The monoisotopic (exact) mass is 369 g/mol. The minimum absolute atomic E-state index is 0.504. The Morgan fingerprint density at radius 1 is 1.27 bits per heavy atom. The van der Waals surface area contributed by atoms with E-state index in [-0.39, 0.29) is 0 Å². The Morgan fingerprint density at radius 3 is 2.81 bits per heavy atom. The van der Waals surface area contributed by atoms with Crippen LogP contribution in [0.5, 0.6) is 0 Å². The van der Waals surface area contributed by atoms with Crippen molar-refractivity contribution in [2.45, 2.75) is 44.8 Å². The van der Waals surface area contributed by atoms with Crippen LogP contribution in [0.2, 0.25) is 0 Å². The zero-order chi connectivity index (χ0) is 17.9. The van der Waals surface area contributed by atoms with Gasteiger partial charge in [-0.15, -0.1) is 11.3 Å². The Hall–Kier alpha value is -1.92. The number of benzene rings is 1. The van der Waals surface area contributed by atoms with E-state index in [1.807, 2.05) is 13.1 Å². The summed E-state index contributed by atoms with van der Waals surface area (Å²) in [5.41, 5.74) is 2.28. The van der Waals surface area contributed by atoms with Crippen LogP contribution in [0, 0.1) is 6.92 Å². The van der Waals surface area contributed by atoms with Gasteiger partial charge in [-0.25, -0.2) is 4.98 Å². The number of aryl methyl sites for hydroxylation is 1. The molecule has 1 aliphatic heterocycles. The molecule has 1 saturated heterocycles. The molecule has 2 fully saturated rings. The summed E-state index contributed by atoms with van der Waals surface area (Å²) in [4.78, 5) is 13.0. The van der Waals surface area contributed by atoms with E-state index >= 15 is 0 Å². The van der Waals surface area contributed by atoms with Gasteiger partial charge in [-0.05, 0) is 26.2 Å². The van der Waals surface area contributed by atoms with E-state index in [9.17, 15) is 0 Å². The lowest BCUT2D eigenvalue weighted by molar-refractivity contribution is 0.321. The van der Waals surface area contributed by atoms with Crippen LogP contribution in [0.15, 0.2) is 35.3 Å². The second-order valence-electron chi connectivity index (χ2n) is 7.18. The molecule has 0 bridgehead atoms.